The second-order valence-corrected chi connectivity index (χ2v) is 3.84. The Morgan fingerprint density at radius 3 is 3.00 bits per heavy atom. The molecule has 2 rings (SSSR count). The third-order valence-electron chi connectivity index (χ3n) is 2.30. The van der Waals surface area contributed by atoms with E-state index in [-0.39, 0.29) is 0 Å². The minimum Gasteiger partial charge on any atom is -0.392 e. The van der Waals surface area contributed by atoms with Crippen molar-refractivity contribution in [2.45, 2.75) is 32.2 Å². The lowest BCUT2D eigenvalue weighted by molar-refractivity contribution is 0.609. The van der Waals surface area contributed by atoms with Crippen molar-refractivity contribution in [2.75, 3.05) is 0 Å². The normalized spacial score (nSPS) is 15.4. The quantitative estimate of drug-likeness (QED) is 0.697. The molecule has 0 fully saturated rings. The molecule has 1 aliphatic carbocycles. The third kappa shape index (κ3) is 1.70. The number of fused-ring (bicyclic) bond motifs is 1. The molecule has 0 radical (unpaired) electrons. The SMILES string of the molecule is NC(=S)Cn1nnc2c1CCCC2. The maximum atomic E-state index is 5.46. The van der Waals surface area contributed by atoms with Crippen LogP contribution < -0.4 is 5.73 Å². The van der Waals surface area contributed by atoms with Gasteiger partial charge in [0.2, 0.25) is 0 Å². The molecule has 2 N–H and O–H groups in total. The highest BCUT2D eigenvalue weighted by atomic mass is 32.1. The molecule has 0 amide bonds. The molecule has 0 saturated carbocycles. The van der Waals surface area contributed by atoms with E-state index in [0.717, 1.165) is 18.5 Å². The predicted octanol–water partition coefficient (Wildman–Crippen LogP) is 0.443. The molecular weight excluding hydrogens is 184 g/mol. The Hall–Kier alpha value is -0.970. The van der Waals surface area contributed by atoms with Gasteiger partial charge in [0, 0.05) is 0 Å². The number of aromatic nitrogens is 3. The van der Waals surface area contributed by atoms with Crippen molar-refractivity contribution in [3.8, 4) is 0 Å². The number of nitrogens with two attached hydrogens (primary N) is 1. The standard InChI is InChI=1S/C8H12N4S/c9-8(13)5-12-7-4-2-1-3-6(7)10-11-12/h1-5H2,(H2,9,13). The molecule has 0 aromatic carbocycles. The molecular formula is C8H12N4S. The van der Waals surface area contributed by atoms with E-state index >= 15 is 0 Å². The first-order valence-electron chi connectivity index (χ1n) is 4.47. The Balaban J connectivity index is 2.26. The van der Waals surface area contributed by atoms with Gasteiger partial charge in [-0.05, 0) is 25.7 Å². The van der Waals surface area contributed by atoms with Crippen LogP contribution in [0.1, 0.15) is 24.2 Å². The number of hydrogen-bond acceptors (Lipinski definition) is 3. The summed E-state index contributed by atoms with van der Waals surface area (Å²) in [4.78, 5) is 0.471. The maximum Gasteiger partial charge on any atom is 0.0946 e. The van der Waals surface area contributed by atoms with E-state index in [4.69, 9.17) is 18.0 Å². The molecule has 1 aromatic heterocycles. The van der Waals surface area contributed by atoms with Crippen LogP contribution in [0.5, 0.6) is 0 Å². The van der Waals surface area contributed by atoms with Gasteiger partial charge in [-0.1, -0.05) is 17.4 Å². The number of rotatable bonds is 2. The first-order valence-corrected chi connectivity index (χ1v) is 4.88. The van der Waals surface area contributed by atoms with Crippen LogP contribution in [0.25, 0.3) is 0 Å². The molecule has 0 spiro atoms. The van der Waals surface area contributed by atoms with Crippen molar-refractivity contribution in [2.24, 2.45) is 5.73 Å². The Morgan fingerprint density at radius 2 is 2.23 bits per heavy atom. The van der Waals surface area contributed by atoms with Crippen LogP contribution in [0.4, 0.5) is 0 Å². The van der Waals surface area contributed by atoms with E-state index in [9.17, 15) is 0 Å². The van der Waals surface area contributed by atoms with Crippen LogP contribution >= 0.6 is 12.2 Å². The smallest absolute Gasteiger partial charge is 0.0946 e. The highest BCUT2D eigenvalue weighted by molar-refractivity contribution is 7.80. The Bertz CT molecular complexity index is 331. The van der Waals surface area contributed by atoms with E-state index in [1.807, 2.05) is 4.68 Å². The van der Waals surface area contributed by atoms with E-state index < -0.39 is 0 Å². The number of aryl methyl sites for hydroxylation is 1. The summed E-state index contributed by atoms with van der Waals surface area (Å²) in [5, 5.41) is 8.14. The van der Waals surface area contributed by atoms with Crippen LogP contribution in [0.3, 0.4) is 0 Å². The Labute approximate surface area is 82.1 Å². The zero-order valence-corrected chi connectivity index (χ0v) is 8.18. The van der Waals surface area contributed by atoms with Crippen molar-refractivity contribution in [3.05, 3.63) is 11.4 Å². The van der Waals surface area contributed by atoms with E-state index in [1.54, 1.807) is 0 Å². The molecule has 0 unspecified atom stereocenters. The van der Waals surface area contributed by atoms with Crippen molar-refractivity contribution in [3.63, 3.8) is 0 Å². The average molecular weight is 196 g/mol. The van der Waals surface area contributed by atoms with Crippen LogP contribution in [0.2, 0.25) is 0 Å². The highest BCUT2D eigenvalue weighted by Gasteiger charge is 2.16. The lowest BCUT2D eigenvalue weighted by Gasteiger charge is -2.11. The van der Waals surface area contributed by atoms with Crippen LogP contribution in [-0.2, 0) is 19.4 Å². The topological polar surface area (TPSA) is 56.7 Å². The first-order chi connectivity index (χ1) is 6.27. The monoisotopic (exact) mass is 196 g/mol. The largest absolute Gasteiger partial charge is 0.392 e. The summed E-state index contributed by atoms with van der Waals surface area (Å²) < 4.78 is 1.83. The molecule has 0 bridgehead atoms. The summed E-state index contributed by atoms with van der Waals surface area (Å²) in [6.07, 6.45) is 4.55. The number of nitrogens with zero attached hydrogens (tertiary/aromatic N) is 3. The van der Waals surface area contributed by atoms with Gasteiger partial charge in [0.25, 0.3) is 0 Å². The van der Waals surface area contributed by atoms with Crippen molar-refractivity contribution < 1.29 is 0 Å². The number of thiocarbonyl (C=S) groups is 1. The van der Waals surface area contributed by atoms with Gasteiger partial charge in [-0.2, -0.15) is 0 Å². The van der Waals surface area contributed by atoms with E-state index in [1.165, 1.54) is 18.5 Å². The minimum atomic E-state index is 0.471. The fourth-order valence-corrected chi connectivity index (χ4v) is 1.82. The summed E-state index contributed by atoms with van der Waals surface area (Å²) in [7, 11) is 0. The molecule has 1 aliphatic rings. The van der Waals surface area contributed by atoms with E-state index in [0.29, 0.717) is 11.5 Å². The summed E-state index contributed by atoms with van der Waals surface area (Å²) >= 11 is 4.84. The van der Waals surface area contributed by atoms with Gasteiger partial charge < -0.3 is 5.73 Å². The van der Waals surface area contributed by atoms with Crippen molar-refractivity contribution in [1.82, 2.24) is 15.0 Å². The van der Waals surface area contributed by atoms with Crippen LogP contribution in [0.15, 0.2) is 0 Å². The fraction of sp³-hybridized carbons (Fsp3) is 0.625. The van der Waals surface area contributed by atoms with Crippen molar-refractivity contribution in [1.29, 1.82) is 0 Å². The molecule has 1 heterocycles. The predicted molar refractivity (Wildman–Crippen MR) is 53.4 cm³/mol. The Morgan fingerprint density at radius 1 is 1.46 bits per heavy atom. The van der Waals surface area contributed by atoms with Gasteiger partial charge in [0.15, 0.2) is 0 Å². The summed E-state index contributed by atoms with van der Waals surface area (Å²) in [6, 6.07) is 0. The summed E-state index contributed by atoms with van der Waals surface area (Å²) in [6.45, 7) is 0.525. The second-order valence-electron chi connectivity index (χ2n) is 3.31. The fourth-order valence-electron chi connectivity index (χ4n) is 1.70. The summed E-state index contributed by atoms with van der Waals surface area (Å²) in [5.41, 5.74) is 7.81. The summed E-state index contributed by atoms with van der Waals surface area (Å²) in [5.74, 6) is 0. The van der Waals surface area contributed by atoms with Crippen molar-refractivity contribution >= 4 is 17.2 Å². The minimum absolute atomic E-state index is 0.471. The molecule has 1 aromatic rings. The van der Waals surface area contributed by atoms with Gasteiger partial charge in [-0.15, -0.1) is 5.10 Å². The second kappa shape index (κ2) is 3.41. The van der Waals surface area contributed by atoms with Crippen LogP contribution in [0, 0.1) is 0 Å². The molecule has 0 atom stereocenters. The molecule has 4 nitrogen and oxygen atoms in total. The third-order valence-corrected chi connectivity index (χ3v) is 2.43. The van der Waals surface area contributed by atoms with Gasteiger partial charge in [0.05, 0.1) is 22.9 Å². The maximum absolute atomic E-state index is 5.46. The van der Waals surface area contributed by atoms with Crippen LogP contribution in [-0.4, -0.2) is 20.0 Å². The molecule has 13 heavy (non-hydrogen) atoms. The Kier molecular flexibility index (Phi) is 2.26. The van der Waals surface area contributed by atoms with Gasteiger partial charge >= 0.3 is 0 Å². The average Bonchev–Trinajstić information content (AvgIpc) is 2.48. The molecule has 0 aliphatic heterocycles. The van der Waals surface area contributed by atoms with E-state index in [2.05, 4.69) is 10.3 Å². The zero-order valence-electron chi connectivity index (χ0n) is 7.36. The molecule has 0 saturated heterocycles. The first kappa shape index (κ1) is 8.62. The lowest BCUT2D eigenvalue weighted by Crippen LogP contribution is -2.20. The highest BCUT2D eigenvalue weighted by Crippen LogP contribution is 2.18. The van der Waals surface area contributed by atoms with Gasteiger partial charge in [-0.25, -0.2) is 4.68 Å². The zero-order chi connectivity index (χ0) is 9.26. The van der Waals surface area contributed by atoms with Gasteiger partial charge in [0.1, 0.15) is 0 Å². The molecule has 5 heteroatoms. The molecule has 70 valence electrons. The lowest BCUT2D eigenvalue weighted by atomic mass is 10.0. The van der Waals surface area contributed by atoms with Gasteiger partial charge in [-0.3, -0.25) is 0 Å². The number of hydrogen-bond donors (Lipinski definition) is 1.